The summed E-state index contributed by atoms with van der Waals surface area (Å²) in [4.78, 5) is 37.1. The Bertz CT molecular complexity index is 976. The summed E-state index contributed by atoms with van der Waals surface area (Å²) in [6.07, 6.45) is 1.55. The molecule has 2 atom stereocenters. The van der Waals surface area contributed by atoms with Gasteiger partial charge in [0, 0.05) is 25.9 Å². The van der Waals surface area contributed by atoms with Crippen LogP contribution in [0.1, 0.15) is 56.6 Å². The smallest absolute Gasteiger partial charge is 0.407 e. The highest BCUT2D eigenvalue weighted by Crippen LogP contribution is 2.44. The van der Waals surface area contributed by atoms with E-state index in [1.165, 1.54) is 34.2 Å². The van der Waals surface area contributed by atoms with E-state index in [2.05, 4.69) is 29.6 Å². The van der Waals surface area contributed by atoms with Crippen LogP contribution in [0, 0.1) is 5.92 Å². The lowest BCUT2D eigenvalue weighted by atomic mass is 9.98. The Morgan fingerprint density at radius 3 is 2.18 bits per heavy atom. The van der Waals surface area contributed by atoms with E-state index >= 15 is 0 Å². The molecule has 0 saturated carbocycles. The third kappa shape index (κ3) is 5.95. The normalized spacial score (nSPS) is 14.0. The van der Waals surface area contributed by atoms with Crippen molar-refractivity contribution >= 4 is 18.0 Å². The first-order valence-electron chi connectivity index (χ1n) is 11.9. The highest BCUT2D eigenvalue weighted by atomic mass is 16.5. The van der Waals surface area contributed by atoms with Gasteiger partial charge in [0.05, 0.1) is 0 Å². The monoisotopic (exact) mass is 466 g/mol. The molecule has 3 rings (SSSR count). The zero-order valence-electron chi connectivity index (χ0n) is 20.1. The van der Waals surface area contributed by atoms with Crippen molar-refractivity contribution in [3.8, 4) is 11.1 Å². The average molecular weight is 467 g/mol. The van der Waals surface area contributed by atoms with Crippen LogP contribution in [-0.4, -0.2) is 54.2 Å². The van der Waals surface area contributed by atoms with Crippen molar-refractivity contribution in [1.29, 1.82) is 0 Å². The van der Waals surface area contributed by atoms with Crippen molar-refractivity contribution in [1.82, 2.24) is 10.2 Å². The maximum atomic E-state index is 12.3. The van der Waals surface area contributed by atoms with Crippen molar-refractivity contribution in [2.24, 2.45) is 5.92 Å². The zero-order valence-corrected chi connectivity index (χ0v) is 20.1. The first-order valence-corrected chi connectivity index (χ1v) is 11.9. The van der Waals surface area contributed by atoms with E-state index in [0.717, 1.165) is 0 Å². The lowest BCUT2D eigenvalue weighted by Crippen LogP contribution is -2.42. The number of benzene rings is 2. The molecule has 7 nitrogen and oxygen atoms in total. The highest BCUT2D eigenvalue weighted by Gasteiger charge is 2.29. The molecule has 7 heteroatoms. The largest absolute Gasteiger partial charge is 0.480 e. The molecule has 0 heterocycles. The Balaban J connectivity index is 1.40. The average Bonchev–Trinajstić information content (AvgIpc) is 3.15. The first kappa shape index (κ1) is 25.3. The second-order valence-corrected chi connectivity index (χ2v) is 8.95. The number of alkyl carbamates (subject to hydrolysis) is 1. The molecule has 2 amide bonds. The summed E-state index contributed by atoms with van der Waals surface area (Å²) in [6, 6.07) is 15.6. The van der Waals surface area contributed by atoms with Gasteiger partial charge in [-0.2, -0.15) is 0 Å². The van der Waals surface area contributed by atoms with Gasteiger partial charge in [-0.3, -0.25) is 4.79 Å². The van der Waals surface area contributed by atoms with Gasteiger partial charge in [-0.15, -0.1) is 0 Å². The van der Waals surface area contributed by atoms with Crippen LogP contribution in [0.25, 0.3) is 11.1 Å². The molecule has 1 aliphatic rings. The van der Waals surface area contributed by atoms with Crippen LogP contribution in [0.4, 0.5) is 4.79 Å². The lowest BCUT2D eigenvalue weighted by Gasteiger charge is -2.24. The maximum absolute atomic E-state index is 12.3. The number of fused-ring (bicyclic) bond motifs is 3. The summed E-state index contributed by atoms with van der Waals surface area (Å²) in [7, 11) is 1.54. The minimum Gasteiger partial charge on any atom is -0.480 e. The Labute approximate surface area is 201 Å². The quantitative estimate of drug-likeness (QED) is 0.502. The van der Waals surface area contributed by atoms with E-state index in [1.54, 1.807) is 6.92 Å². The number of hydrogen-bond acceptors (Lipinski definition) is 4. The van der Waals surface area contributed by atoms with Gasteiger partial charge in [-0.1, -0.05) is 62.4 Å². The summed E-state index contributed by atoms with van der Waals surface area (Å²) in [6.45, 7) is 4.49. The Hall–Kier alpha value is -3.35. The van der Waals surface area contributed by atoms with E-state index in [-0.39, 0.29) is 30.8 Å². The molecule has 1 aliphatic carbocycles. The fourth-order valence-corrected chi connectivity index (χ4v) is 4.55. The predicted octanol–water partition coefficient (Wildman–Crippen LogP) is 4.65. The second kappa shape index (κ2) is 11.7. The first-order chi connectivity index (χ1) is 16.3. The number of aliphatic carboxylic acids is 1. The number of likely N-dealkylation sites (N-methyl/N-ethyl adjacent to an activating group) is 1. The minimum absolute atomic E-state index is 0.0258. The van der Waals surface area contributed by atoms with Crippen molar-refractivity contribution in [3.63, 3.8) is 0 Å². The highest BCUT2D eigenvalue weighted by molar-refractivity contribution is 5.83. The van der Waals surface area contributed by atoms with Crippen LogP contribution in [0.15, 0.2) is 48.5 Å². The van der Waals surface area contributed by atoms with E-state index in [4.69, 9.17) is 4.74 Å². The lowest BCUT2D eigenvalue weighted by molar-refractivity contribution is -0.149. The molecule has 2 aromatic rings. The van der Waals surface area contributed by atoms with Crippen molar-refractivity contribution in [2.45, 2.75) is 51.5 Å². The summed E-state index contributed by atoms with van der Waals surface area (Å²) in [5, 5.41) is 12.0. The third-order valence-corrected chi connectivity index (χ3v) is 6.63. The van der Waals surface area contributed by atoms with Gasteiger partial charge < -0.3 is 20.1 Å². The van der Waals surface area contributed by atoms with Crippen LogP contribution in [0.3, 0.4) is 0 Å². The number of nitrogens with one attached hydrogen (secondary N) is 1. The molecule has 2 unspecified atom stereocenters. The topological polar surface area (TPSA) is 95.9 Å². The second-order valence-electron chi connectivity index (χ2n) is 8.95. The fraction of sp³-hybridized carbons (Fsp3) is 0.444. The van der Waals surface area contributed by atoms with Gasteiger partial charge in [0.25, 0.3) is 0 Å². The van der Waals surface area contributed by atoms with Gasteiger partial charge in [0.2, 0.25) is 5.91 Å². The number of carboxylic acids is 1. The van der Waals surface area contributed by atoms with E-state index in [1.807, 2.05) is 31.2 Å². The number of carboxylic acid groups (broad SMARTS) is 1. The molecule has 2 aromatic carbocycles. The van der Waals surface area contributed by atoms with Crippen LogP contribution in [-0.2, 0) is 14.3 Å². The number of hydrogen-bond donors (Lipinski definition) is 2. The predicted molar refractivity (Wildman–Crippen MR) is 131 cm³/mol. The van der Waals surface area contributed by atoms with Gasteiger partial charge in [-0.05, 0) is 47.4 Å². The standard InChI is InChI=1S/C27H34N2O5/c1-4-24(26(31)32)29(3)25(30)14-13-18(2)15-16-28-27(33)34-17-23-21-11-7-5-9-19(21)20-10-6-8-12-22(20)23/h5-12,18,23-24H,4,13-17H2,1-3H3,(H,28,33)(H,31,32). The molecule has 2 N–H and O–H groups in total. The van der Waals surface area contributed by atoms with Gasteiger partial charge >= 0.3 is 12.1 Å². The number of nitrogens with zero attached hydrogens (tertiary/aromatic N) is 1. The molecule has 0 bridgehead atoms. The van der Waals surface area contributed by atoms with Gasteiger partial charge in [0.15, 0.2) is 0 Å². The summed E-state index contributed by atoms with van der Waals surface area (Å²) in [5.41, 5.74) is 4.73. The van der Waals surface area contributed by atoms with Crippen LogP contribution in [0.2, 0.25) is 0 Å². The molecule has 0 saturated heterocycles. The number of amides is 2. The number of carbonyl (C=O) groups excluding carboxylic acids is 2. The molecular formula is C27H34N2O5. The molecule has 0 fully saturated rings. The SMILES string of the molecule is CCC(C(=O)O)N(C)C(=O)CCC(C)CCNC(=O)OCC1c2ccccc2-c2ccccc21. The fourth-order valence-electron chi connectivity index (χ4n) is 4.55. The summed E-state index contributed by atoms with van der Waals surface area (Å²) in [5.74, 6) is -0.932. The van der Waals surface area contributed by atoms with Crippen LogP contribution in [0.5, 0.6) is 0 Å². The van der Waals surface area contributed by atoms with Gasteiger partial charge in [0.1, 0.15) is 12.6 Å². The third-order valence-electron chi connectivity index (χ3n) is 6.63. The van der Waals surface area contributed by atoms with E-state index in [9.17, 15) is 19.5 Å². The van der Waals surface area contributed by atoms with E-state index < -0.39 is 18.1 Å². The van der Waals surface area contributed by atoms with Gasteiger partial charge in [-0.25, -0.2) is 9.59 Å². The van der Waals surface area contributed by atoms with Crippen molar-refractivity contribution in [3.05, 3.63) is 59.7 Å². The summed E-state index contributed by atoms with van der Waals surface area (Å²) >= 11 is 0. The number of carbonyl (C=O) groups is 3. The van der Waals surface area contributed by atoms with Crippen LogP contribution < -0.4 is 5.32 Å². The van der Waals surface area contributed by atoms with Crippen molar-refractivity contribution in [2.75, 3.05) is 20.2 Å². The molecule has 182 valence electrons. The van der Waals surface area contributed by atoms with Crippen molar-refractivity contribution < 1.29 is 24.2 Å². The molecule has 0 spiro atoms. The number of ether oxygens (including phenoxy) is 1. The summed E-state index contributed by atoms with van der Waals surface area (Å²) < 4.78 is 5.55. The van der Waals surface area contributed by atoms with E-state index in [0.29, 0.717) is 25.8 Å². The molecule has 34 heavy (non-hydrogen) atoms. The molecule has 0 aliphatic heterocycles. The molecule has 0 aromatic heterocycles. The molecule has 0 radical (unpaired) electrons. The maximum Gasteiger partial charge on any atom is 0.407 e. The molecular weight excluding hydrogens is 432 g/mol. The van der Waals surface area contributed by atoms with Crippen LogP contribution >= 0.6 is 0 Å². The Kier molecular flexibility index (Phi) is 8.68. The zero-order chi connectivity index (χ0) is 24.7. The Morgan fingerprint density at radius 1 is 1.03 bits per heavy atom. The number of rotatable bonds is 11. The minimum atomic E-state index is -0.987. The Morgan fingerprint density at radius 2 is 1.62 bits per heavy atom.